The maximum Gasteiger partial charge on any atom is 0 e. The first-order chi connectivity index (χ1) is 28.3. The molecule has 9 saturated carbocycles. The Balaban J connectivity index is 0.0000000848. The van der Waals surface area contributed by atoms with E-state index in [9.17, 15) is 0 Å². The summed E-state index contributed by atoms with van der Waals surface area (Å²) in [6, 6.07) is 0. The van der Waals surface area contributed by atoms with Gasteiger partial charge in [0.1, 0.15) is 0 Å². The second-order valence-electron chi connectivity index (χ2n) is 21.9. The molecule has 17 aliphatic carbocycles. The lowest BCUT2D eigenvalue weighted by atomic mass is 9.57. The fourth-order valence-electron chi connectivity index (χ4n) is 19.4. The van der Waals surface area contributed by atoms with E-state index >= 15 is 0 Å². The van der Waals surface area contributed by atoms with E-state index in [0.717, 1.165) is 143 Å². The average molecular weight is 981 g/mol. The van der Waals surface area contributed by atoms with E-state index in [4.69, 9.17) is 0 Å². The third-order valence-corrected chi connectivity index (χ3v) is 20.6. The van der Waals surface area contributed by atoms with E-state index in [1.165, 1.54) is 43.9 Å². The van der Waals surface area contributed by atoms with Gasteiger partial charge in [-0.3, -0.25) is 0 Å². The molecule has 0 spiro atoms. The summed E-state index contributed by atoms with van der Waals surface area (Å²) in [5, 5.41) is 0. The second kappa shape index (κ2) is 15.3. The fraction of sp³-hybridized carbons (Fsp3) is 0.636. The lowest BCUT2D eigenvalue weighted by Gasteiger charge is -2.47. The minimum absolute atomic E-state index is 0.925. The first kappa shape index (κ1) is 37.6. The lowest BCUT2D eigenvalue weighted by Crippen LogP contribution is -2.43. The summed E-state index contributed by atoms with van der Waals surface area (Å²) in [4.78, 5) is 0. The Bertz CT molecular complexity index is 1810. The van der Waals surface area contributed by atoms with Gasteiger partial charge in [0.05, 0.1) is 0 Å². The van der Waals surface area contributed by atoms with Gasteiger partial charge >= 0.3 is 0 Å². The van der Waals surface area contributed by atoms with Crippen molar-refractivity contribution >= 4 is 37.2 Å². The molecule has 0 saturated heterocycles. The van der Waals surface area contributed by atoms with Crippen molar-refractivity contribution in [1.29, 1.82) is 0 Å². The molecule has 2 heteroatoms. The zero-order valence-electron chi connectivity index (χ0n) is 33.9. The van der Waals surface area contributed by atoms with Crippen molar-refractivity contribution in [2.75, 3.05) is 0 Å². The molecule has 24 unspecified atom stereocenters. The molecule has 0 amide bonds. The van der Waals surface area contributed by atoms with Crippen molar-refractivity contribution in [3.8, 4) is 0 Å². The highest BCUT2D eigenvalue weighted by molar-refractivity contribution is 15.0. The largest absolute Gasteiger partial charge is 0.0879 e. The molecule has 0 N–H and O–H groups in total. The van der Waals surface area contributed by atoms with Gasteiger partial charge in [0.2, 0.25) is 0 Å². The summed E-state index contributed by atoms with van der Waals surface area (Å²) in [6.45, 7) is 0. The van der Waals surface area contributed by atoms with Crippen LogP contribution in [0, 0.1) is 142 Å². The van der Waals surface area contributed by atoms with Crippen molar-refractivity contribution in [3.63, 3.8) is 0 Å². The minimum atomic E-state index is 0.925. The highest BCUT2D eigenvalue weighted by Gasteiger charge is 2.72. The number of hydrogen-bond donors (Lipinski definition) is 0. The van der Waals surface area contributed by atoms with Crippen molar-refractivity contribution in [2.45, 2.75) is 70.6 Å². The number of halogens is 2. The highest BCUT2D eigenvalue weighted by atomic mass is 128. The Morgan fingerprint density at radius 2 is 0.632 bits per heavy atom. The van der Waals surface area contributed by atoms with Crippen LogP contribution in [0.5, 0.6) is 0 Å². The zero-order valence-corrected chi connectivity index (χ0v) is 38.3. The summed E-state index contributed by atoms with van der Waals surface area (Å²) in [5.74, 6) is 25.6. The Morgan fingerprint density at radius 1 is 0.263 bits per heavy atom. The van der Waals surface area contributed by atoms with E-state index in [-0.39, 0.29) is 0 Å². The topological polar surface area (TPSA) is 0 Å². The fourth-order valence-corrected chi connectivity index (χ4v) is 19.4. The van der Waals surface area contributed by atoms with Crippen LogP contribution in [0.3, 0.4) is 0 Å². The normalized spacial score (nSPS) is 55.8. The maximum atomic E-state index is 2.63. The predicted molar refractivity (Wildman–Crippen MR) is 254 cm³/mol. The van der Waals surface area contributed by atoms with Crippen LogP contribution in [0.1, 0.15) is 70.6 Å². The van der Waals surface area contributed by atoms with Gasteiger partial charge in [-0.2, -0.15) is 0 Å². The van der Waals surface area contributed by atoms with Gasteiger partial charge in [-0.1, -0.05) is 122 Å². The van der Waals surface area contributed by atoms with Crippen molar-refractivity contribution in [1.82, 2.24) is 0 Å². The monoisotopic (exact) mass is 980 g/mol. The molecule has 0 aromatic heterocycles. The zero-order chi connectivity index (χ0) is 37.8. The second-order valence-corrected chi connectivity index (χ2v) is 21.9. The summed E-state index contributed by atoms with van der Waals surface area (Å²) >= 11 is 4.24. The predicted octanol–water partition coefficient (Wildman–Crippen LogP) is 14.6. The lowest BCUT2D eigenvalue weighted by molar-refractivity contribution is 0.0160. The van der Waals surface area contributed by atoms with Gasteiger partial charge in [-0.25, -0.2) is 0 Å². The Labute approximate surface area is 368 Å². The van der Waals surface area contributed by atoms with Crippen LogP contribution in [0.2, 0.25) is 0 Å². The Hall–Kier alpha value is -1.14. The van der Waals surface area contributed by atoms with E-state index < -0.39 is 0 Å². The standard InChI is InChI=1S/C20H24.C15H18.C10H12.2C5H6.I2/c1-2-11-12(3-1)14-7-13(11)19-15-8-16(20(14)19)18-10-5-4-9(6-10)17(15)18;1-2-10-11(3-1)13-7-12(10)14-8-4-5-9(6-8)15(13)14;1-2-9-7-4-5-8(6-7)10(9)3-1;2*1-2-4-5-3-1;1-2/h1-2,4-5,9-20H,3,6-8H2;1-2,4-5,8-15H,3,6-7H2;1-2,4-5,7-10H,3,6H2;2*1-4H,5H2;. The molecule has 17 rings (SSSR count). The summed E-state index contributed by atoms with van der Waals surface area (Å²) in [7, 11) is 0. The minimum Gasteiger partial charge on any atom is -0.0879 e. The van der Waals surface area contributed by atoms with Gasteiger partial charge in [-0.15, -0.1) is 0 Å². The van der Waals surface area contributed by atoms with Crippen molar-refractivity contribution < 1.29 is 0 Å². The van der Waals surface area contributed by atoms with E-state index in [2.05, 4.69) is 159 Å². The van der Waals surface area contributed by atoms with Crippen molar-refractivity contribution in [2.24, 2.45) is 142 Å². The van der Waals surface area contributed by atoms with Gasteiger partial charge < -0.3 is 0 Å². The van der Waals surface area contributed by atoms with Crippen LogP contribution in [-0.2, 0) is 0 Å². The summed E-state index contributed by atoms with van der Waals surface area (Å²) in [5.41, 5.74) is 0. The molecular weight excluding hydrogens is 914 g/mol. The van der Waals surface area contributed by atoms with Crippen LogP contribution in [0.15, 0.2) is 122 Å². The molecule has 0 aromatic carbocycles. The van der Waals surface area contributed by atoms with Crippen LogP contribution in [0.25, 0.3) is 0 Å². The molecule has 300 valence electrons. The van der Waals surface area contributed by atoms with Gasteiger partial charge in [-0.05, 0) is 213 Å². The van der Waals surface area contributed by atoms with Crippen molar-refractivity contribution in [3.05, 3.63) is 122 Å². The first-order valence-corrected chi connectivity index (χ1v) is 30.4. The molecule has 12 bridgehead atoms. The molecule has 0 heterocycles. The molecule has 0 nitrogen and oxygen atoms in total. The number of rotatable bonds is 0. The molecule has 0 aliphatic heterocycles. The third kappa shape index (κ3) is 5.85. The van der Waals surface area contributed by atoms with Crippen LogP contribution in [-0.4, -0.2) is 0 Å². The first-order valence-electron chi connectivity index (χ1n) is 24.1. The summed E-state index contributed by atoms with van der Waals surface area (Å²) < 4.78 is 0. The molecule has 0 aromatic rings. The number of fused-ring (bicyclic) bond motifs is 36. The Morgan fingerprint density at radius 3 is 1.14 bits per heavy atom. The molecule has 24 atom stereocenters. The van der Waals surface area contributed by atoms with Gasteiger partial charge in [0, 0.05) is 37.2 Å². The SMILES string of the molecule is C1=CC2C(C1)C1CC2C2C3C=CC(C3)C12.C1=CC2C(C1)C1CC2C2C3CC(C4C5C=CC(C5)C34)C12.C1=CC2C3C=CC(C3)C2C1.C1=CCC=C1.C1=CCC=C1.II. The average Bonchev–Trinajstić information content (AvgIpc) is 4.12. The smallest absolute Gasteiger partial charge is 0 e. The van der Waals surface area contributed by atoms with Crippen LogP contribution < -0.4 is 0 Å². The van der Waals surface area contributed by atoms with Crippen LogP contribution in [0.4, 0.5) is 0 Å². The molecule has 17 aliphatic rings. The molecular formula is C55H66I2. The third-order valence-electron chi connectivity index (χ3n) is 20.6. The molecule has 0 radical (unpaired) electrons. The number of hydrogen-bond acceptors (Lipinski definition) is 0. The Kier molecular flexibility index (Phi) is 10.1. The highest BCUT2D eigenvalue weighted by Crippen LogP contribution is 2.78. The van der Waals surface area contributed by atoms with E-state index in [1.54, 1.807) is 25.7 Å². The maximum absolute atomic E-state index is 2.63. The van der Waals surface area contributed by atoms with E-state index in [0.29, 0.717) is 0 Å². The summed E-state index contributed by atoms with van der Waals surface area (Å²) in [6.07, 6.45) is 62.9. The van der Waals surface area contributed by atoms with Crippen LogP contribution >= 0.6 is 37.2 Å². The molecule has 9 fully saturated rings. The quantitative estimate of drug-likeness (QED) is 0.129. The van der Waals surface area contributed by atoms with Gasteiger partial charge in [0.15, 0.2) is 0 Å². The van der Waals surface area contributed by atoms with Gasteiger partial charge in [0.25, 0.3) is 0 Å². The number of allylic oxidation sites excluding steroid dienone is 20. The molecule has 57 heavy (non-hydrogen) atoms. The van der Waals surface area contributed by atoms with E-state index in [1.807, 2.05) is 0 Å².